The number of carboxylic acid groups (broad SMARTS) is 1. The number of rotatable bonds is 4. The maximum absolute atomic E-state index is 13.0. The van der Waals surface area contributed by atoms with Crippen molar-refractivity contribution in [2.75, 3.05) is 26.9 Å². The van der Waals surface area contributed by atoms with Gasteiger partial charge in [0.15, 0.2) is 0 Å². The minimum absolute atomic E-state index is 0.0324. The second-order valence-electron chi connectivity index (χ2n) is 6.64. The molecule has 1 N–H and O–H groups in total. The molecule has 7 heteroatoms. The maximum atomic E-state index is 13.0. The van der Waals surface area contributed by atoms with E-state index in [9.17, 15) is 9.59 Å². The molecule has 0 spiro atoms. The zero-order valence-corrected chi connectivity index (χ0v) is 14.6. The number of carboxylic acids is 1. The summed E-state index contributed by atoms with van der Waals surface area (Å²) in [5.41, 5.74) is 0.741. The quantitative estimate of drug-likeness (QED) is 0.892. The Bertz CT molecular complexity index is 663. The Morgan fingerprint density at radius 1 is 1.36 bits per heavy atom. The molecule has 0 radical (unpaired) electrons. The van der Waals surface area contributed by atoms with Crippen LogP contribution < -0.4 is 0 Å². The average Bonchev–Trinajstić information content (AvgIpc) is 3.09. The summed E-state index contributed by atoms with van der Waals surface area (Å²) in [6.07, 6.45) is 3.25. The van der Waals surface area contributed by atoms with E-state index in [0.717, 1.165) is 19.3 Å². The highest BCUT2D eigenvalue weighted by Gasteiger charge is 2.40. The van der Waals surface area contributed by atoms with Crippen LogP contribution in [0.1, 0.15) is 45.8 Å². The van der Waals surface area contributed by atoms with E-state index in [-0.39, 0.29) is 35.2 Å². The summed E-state index contributed by atoms with van der Waals surface area (Å²) >= 11 is 0. The smallest absolute Gasteiger partial charge is 0.337 e. The number of morpholine rings is 1. The van der Waals surface area contributed by atoms with Gasteiger partial charge in [0.05, 0.1) is 36.6 Å². The van der Waals surface area contributed by atoms with E-state index < -0.39 is 5.97 Å². The fourth-order valence-electron chi connectivity index (χ4n) is 3.97. The first-order valence-corrected chi connectivity index (χ1v) is 8.65. The molecule has 3 atom stereocenters. The van der Waals surface area contributed by atoms with E-state index in [0.29, 0.717) is 25.5 Å². The fraction of sp³-hybridized carbons (Fsp3) is 0.611. The molecule has 25 heavy (non-hydrogen) atoms. The average molecular weight is 348 g/mol. The zero-order valence-electron chi connectivity index (χ0n) is 14.6. The molecule has 136 valence electrons. The molecule has 2 heterocycles. The Morgan fingerprint density at radius 3 is 2.84 bits per heavy atom. The van der Waals surface area contributed by atoms with Crippen LogP contribution in [0.3, 0.4) is 0 Å². The highest BCUT2D eigenvalue weighted by atomic mass is 16.5. The first-order chi connectivity index (χ1) is 12.0. The topological polar surface area (TPSA) is 89.0 Å². The van der Waals surface area contributed by atoms with Gasteiger partial charge in [-0.1, -0.05) is 6.42 Å². The minimum atomic E-state index is -1.04. The second-order valence-corrected chi connectivity index (χ2v) is 6.64. The first-order valence-electron chi connectivity index (χ1n) is 8.65. The van der Waals surface area contributed by atoms with Crippen LogP contribution in [0.15, 0.2) is 12.1 Å². The summed E-state index contributed by atoms with van der Waals surface area (Å²) in [4.78, 5) is 30.2. The molecule has 1 aromatic heterocycles. The first kappa shape index (κ1) is 17.8. The molecule has 0 aromatic carbocycles. The third kappa shape index (κ3) is 3.52. The number of aryl methyl sites for hydroxylation is 1. The van der Waals surface area contributed by atoms with Gasteiger partial charge >= 0.3 is 5.97 Å². The van der Waals surface area contributed by atoms with Crippen LogP contribution in [0.2, 0.25) is 0 Å². The molecule has 1 saturated carbocycles. The van der Waals surface area contributed by atoms with Gasteiger partial charge in [0, 0.05) is 19.6 Å². The molecule has 1 saturated heterocycles. The largest absolute Gasteiger partial charge is 0.478 e. The van der Waals surface area contributed by atoms with E-state index in [2.05, 4.69) is 4.98 Å². The van der Waals surface area contributed by atoms with E-state index in [1.807, 2.05) is 4.90 Å². The lowest BCUT2D eigenvalue weighted by Gasteiger charge is -2.40. The Hall–Kier alpha value is -1.99. The number of hydrogen-bond donors (Lipinski definition) is 1. The van der Waals surface area contributed by atoms with Crippen LogP contribution in [0, 0.1) is 12.8 Å². The molecule has 2 fully saturated rings. The standard InChI is InChI=1S/C18H24N2O5/c1-11-12(18(22)23)6-7-14(19-11)17(21)20-8-9-25-10-15(20)13-4-3-5-16(13)24-2/h6-7,13,15-16H,3-5,8-10H2,1-2H3,(H,22,23). The van der Waals surface area contributed by atoms with Gasteiger partial charge < -0.3 is 19.5 Å². The summed E-state index contributed by atoms with van der Waals surface area (Å²) in [6, 6.07) is 2.91. The van der Waals surface area contributed by atoms with Crippen LogP contribution in [-0.4, -0.2) is 65.9 Å². The number of nitrogens with zero attached hydrogens (tertiary/aromatic N) is 2. The number of carbonyl (C=O) groups excluding carboxylic acids is 1. The highest BCUT2D eigenvalue weighted by molar-refractivity contribution is 5.94. The van der Waals surface area contributed by atoms with Crippen molar-refractivity contribution in [1.82, 2.24) is 9.88 Å². The predicted octanol–water partition coefficient (Wildman–Crippen LogP) is 1.74. The van der Waals surface area contributed by atoms with Gasteiger partial charge in [-0.2, -0.15) is 0 Å². The Balaban J connectivity index is 1.83. The summed E-state index contributed by atoms with van der Waals surface area (Å²) in [5.74, 6) is -0.953. The molecule has 1 aromatic rings. The predicted molar refractivity (Wildman–Crippen MR) is 89.7 cm³/mol. The summed E-state index contributed by atoms with van der Waals surface area (Å²) in [6.45, 7) is 3.12. The van der Waals surface area contributed by atoms with Gasteiger partial charge in [-0.3, -0.25) is 4.79 Å². The number of methoxy groups -OCH3 is 1. The number of aromatic carboxylic acids is 1. The Kier molecular flexibility index (Phi) is 5.34. The summed E-state index contributed by atoms with van der Waals surface area (Å²) < 4.78 is 11.2. The van der Waals surface area contributed by atoms with E-state index in [4.69, 9.17) is 14.6 Å². The van der Waals surface area contributed by atoms with Gasteiger partial charge in [-0.05, 0) is 31.9 Å². The van der Waals surface area contributed by atoms with Gasteiger partial charge in [0.25, 0.3) is 5.91 Å². The molecule has 1 aliphatic heterocycles. The fourth-order valence-corrected chi connectivity index (χ4v) is 3.97. The summed E-state index contributed by atoms with van der Waals surface area (Å²) in [5, 5.41) is 9.12. The SMILES string of the molecule is COC1CCCC1C1COCCN1C(=O)c1ccc(C(=O)O)c(C)n1. The van der Waals surface area contributed by atoms with Crippen molar-refractivity contribution < 1.29 is 24.2 Å². The third-order valence-corrected chi connectivity index (χ3v) is 5.26. The number of hydrogen-bond acceptors (Lipinski definition) is 5. The van der Waals surface area contributed by atoms with Crippen molar-refractivity contribution in [3.8, 4) is 0 Å². The molecule has 2 aliphatic rings. The van der Waals surface area contributed by atoms with Crippen molar-refractivity contribution in [3.05, 3.63) is 29.1 Å². The number of ether oxygens (including phenoxy) is 2. The van der Waals surface area contributed by atoms with Crippen molar-refractivity contribution in [1.29, 1.82) is 0 Å². The summed E-state index contributed by atoms with van der Waals surface area (Å²) in [7, 11) is 1.72. The number of pyridine rings is 1. The second kappa shape index (κ2) is 7.49. The lowest BCUT2D eigenvalue weighted by atomic mass is 9.93. The van der Waals surface area contributed by atoms with E-state index in [1.54, 1.807) is 14.0 Å². The maximum Gasteiger partial charge on any atom is 0.337 e. The number of aromatic nitrogens is 1. The van der Waals surface area contributed by atoms with Gasteiger partial charge in [0.1, 0.15) is 5.69 Å². The highest BCUT2D eigenvalue weighted by Crippen LogP contribution is 2.34. The van der Waals surface area contributed by atoms with Crippen LogP contribution in [0.5, 0.6) is 0 Å². The van der Waals surface area contributed by atoms with Crippen molar-refractivity contribution >= 4 is 11.9 Å². The van der Waals surface area contributed by atoms with Gasteiger partial charge in [0.2, 0.25) is 0 Å². The number of carbonyl (C=O) groups is 2. The minimum Gasteiger partial charge on any atom is -0.478 e. The van der Waals surface area contributed by atoms with Gasteiger partial charge in [-0.15, -0.1) is 0 Å². The zero-order chi connectivity index (χ0) is 18.0. The van der Waals surface area contributed by atoms with Crippen molar-refractivity contribution in [3.63, 3.8) is 0 Å². The Morgan fingerprint density at radius 2 is 2.16 bits per heavy atom. The molecule has 3 unspecified atom stereocenters. The van der Waals surface area contributed by atoms with Crippen LogP contribution in [-0.2, 0) is 9.47 Å². The molecule has 1 amide bonds. The normalized spacial score (nSPS) is 26.6. The molecular formula is C18H24N2O5. The van der Waals surface area contributed by atoms with Crippen LogP contribution in [0.4, 0.5) is 0 Å². The van der Waals surface area contributed by atoms with Crippen molar-refractivity contribution in [2.45, 2.75) is 38.3 Å². The lowest BCUT2D eigenvalue weighted by Crippen LogP contribution is -2.54. The van der Waals surface area contributed by atoms with Crippen molar-refractivity contribution in [2.24, 2.45) is 5.92 Å². The third-order valence-electron chi connectivity index (χ3n) is 5.26. The molecular weight excluding hydrogens is 324 g/mol. The van der Waals surface area contributed by atoms with E-state index >= 15 is 0 Å². The van der Waals surface area contributed by atoms with Crippen LogP contribution >= 0.6 is 0 Å². The number of amides is 1. The lowest BCUT2D eigenvalue weighted by molar-refractivity contribution is -0.0462. The molecule has 3 rings (SSSR count). The van der Waals surface area contributed by atoms with Gasteiger partial charge in [-0.25, -0.2) is 9.78 Å². The monoisotopic (exact) mass is 348 g/mol. The van der Waals surface area contributed by atoms with E-state index in [1.165, 1.54) is 12.1 Å². The molecule has 7 nitrogen and oxygen atoms in total. The Labute approximate surface area is 146 Å². The van der Waals surface area contributed by atoms with Crippen LogP contribution in [0.25, 0.3) is 0 Å². The molecule has 1 aliphatic carbocycles. The molecule has 0 bridgehead atoms.